The minimum absolute atomic E-state index is 0.170. The van der Waals surface area contributed by atoms with Crippen LogP contribution in [0.25, 0.3) is 0 Å². The van der Waals surface area contributed by atoms with Crippen LogP contribution in [0.3, 0.4) is 0 Å². The molecule has 0 radical (unpaired) electrons. The number of carboxylic acid groups (broad SMARTS) is 1. The Kier molecular flexibility index (Phi) is 2.91. The first-order valence-corrected chi connectivity index (χ1v) is 7.02. The number of sulfone groups is 1. The summed E-state index contributed by atoms with van der Waals surface area (Å²) in [7, 11) is -3.58. The minimum Gasteiger partial charge on any atom is -0.481 e. The van der Waals surface area contributed by atoms with Crippen LogP contribution in [0, 0.1) is 5.92 Å². The third-order valence-electron chi connectivity index (χ3n) is 3.13. The van der Waals surface area contributed by atoms with Gasteiger partial charge in [-0.2, -0.15) is 0 Å². The SMILES string of the molecule is CC(C(=O)O)C1Cc2c(Cl)cccc2S1(=O)=O. The monoisotopic (exact) mass is 274 g/mol. The Balaban J connectivity index is 2.54. The fourth-order valence-electron chi connectivity index (χ4n) is 2.08. The van der Waals surface area contributed by atoms with E-state index in [-0.39, 0.29) is 11.3 Å². The normalized spacial score (nSPS) is 23.1. The standard InChI is InChI=1S/C11H11ClO4S/c1-6(11(13)14)10-5-7-8(12)3-2-4-9(7)17(10,15)16/h2-4,6,10H,5H2,1H3,(H,13,14). The molecule has 0 bridgehead atoms. The van der Waals surface area contributed by atoms with Gasteiger partial charge in [-0.1, -0.05) is 24.6 Å². The highest BCUT2D eigenvalue weighted by molar-refractivity contribution is 7.92. The number of halogens is 1. The molecule has 1 N–H and O–H groups in total. The summed E-state index contributed by atoms with van der Waals surface area (Å²) in [5.41, 5.74) is 0.535. The van der Waals surface area contributed by atoms with Gasteiger partial charge >= 0.3 is 5.97 Å². The topological polar surface area (TPSA) is 71.4 Å². The van der Waals surface area contributed by atoms with Crippen molar-refractivity contribution in [3.63, 3.8) is 0 Å². The molecule has 0 amide bonds. The zero-order chi connectivity index (χ0) is 12.8. The molecule has 17 heavy (non-hydrogen) atoms. The van der Waals surface area contributed by atoms with Crippen LogP contribution < -0.4 is 0 Å². The van der Waals surface area contributed by atoms with Gasteiger partial charge < -0.3 is 5.11 Å². The van der Waals surface area contributed by atoms with E-state index in [9.17, 15) is 13.2 Å². The van der Waals surface area contributed by atoms with Gasteiger partial charge in [0.1, 0.15) is 0 Å². The van der Waals surface area contributed by atoms with Crippen molar-refractivity contribution in [2.75, 3.05) is 0 Å². The van der Waals surface area contributed by atoms with Crippen molar-refractivity contribution >= 4 is 27.4 Å². The van der Waals surface area contributed by atoms with Crippen LogP contribution in [-0.2, 0) is 21.1 Å². The Morgan fingerprint density at radius 2 is 2.18 bits per heavy atom. The molecule has 0 saturated carbocycles. The molecule has 4 nitrogen and oxygen atoms in total. The van der Waals surface area contributed by atoms with Gasteiger partial charge in [0.05, 0.1) is 16.1 Å². The third kappa shape index (κ3) is 1.83. The van der Waals surface area contributed by atoms with Crippen molar-refractivity contribution in [2.24, 2.45) is 5.92 Å². The van der Waals surface area contributed by atoms with Gasteiger partial charge in [-0.15, -0.1) is 0 Å². The van der Waals surface area contributed by atoms with E-state index in [1.165, 1.54) is 13.0 Å². The van der Waals surface area contributed by atoms with Crippen molar-refractivity contribution in [1.29, 1.82) is 0 Å². The summed E-state index contributed by atoms with van der Waals surface area (Å²) in [5, 5.41) is 8.38. The average molecular weight is 275 g/mol. The highest BCUT2D eigenvalue weighted by Gasteiger charge is 2.43. The van der Waals surface area contributed by atoms with Crippen LogP contribution in [0.5, 0.6) is 0 Å². The number of rotatable bonds is 2. The van der Waals surface area contributed by atoms with Gasteiger partial charge in [-0.25, -0.2) is 8.42 Å². The van der Waals surface area contributed by atoms with Crippen molar-refractivity contribution in [3.8, 4) is 0 Å². The highest BCUT2D eigenvalue weighted by atomic mass is 35.5. The van der Waals surface area contributed by atoms with Gasteiger partial charge in [0, 0.05) is 5.02 Å². The number of hydrogen-bond donors (Lipinski definition) is 1. The van der Waals surface area contributed by atoms with Crippen LogP contribution >= 0.6 is 11.6 Å². The predicted molar refractivity (Wildman–Crippen MR) is 62.9 cm³/mol. The summed E-state index contributed by atoms with van der Waals surface area (Å²) in [4.78, 5) is 11.1. The van der Waals surface area contributed by atoms with E-state index in [4.69, 9.17) is 16.7 Å². The molecular weight excluding hydrogens is 264 g/mol. The van der Waals surface area contributed by atoms with Gasteiger partial charge in [-0.05, 0) is 24.1 Å². The molecular formula is C11H11ClO4S. The molecule has 92 valence electrons. The van der Waals surface area contributed by atoms with E-state index < -0.39 is 27.0 Å². The van der Waals surface area contributed by atoms with Crippen LogP contribution in [0.1, 0.15) is 12.5 Å². The van der Waals surface area contributed by atoms with Gasteiger partial charge in [0.25, 0.3) is 0 Å². The molecule has 0 aromatic heterocycles. The Morgan fingerprint density at radius 1 is 1.53 bits per heavy atom. The van der Waals surface area contributed by atoms with Crippen LogP contribution in [0.15, 0.2) is 23.1 Å². The predicted octanol–water partition coefficient (Wildman–Crippen LogP) is 1.76. The Morgan fingerprint density at radius 3 is 2.71 bits per heavy atom. The molecule has 0 aliphatic carbocycles. The first-order valence-electron chi connectivity index (χ1n) is 5.10. The van der Waals surface area contributed by atoms with Crippen molar-refractivity contribution < 1.29 is 18.3 Å². The van der Waals surface area contributed by atoms with Crippen molar-refractivity contribution in [2.45, 2.75) is 23.5 Å². The summed E-state index contributed by atoms with van der Waals surface area (Å²) >= 11 is 5.93. The second-order valence-corrected chi connectivity index (χ2v) is 6.67. The van der Waals surface area contributed by atoms with E-state index in [0.717, 1.165) is 0 Å². The van der Waals surface area contributed by atoms with Gasteiger partial charge in [-0.3, -0.25) is 4.79 Å². The number of carboxylic acids is 1. The molecule has 1 aromatic carbocycles. The summed E-state index contributed by atoms with van der Waals surface area (Å²) in [6.07, 6.45) is 0.171. The van der Waals surface area contributed by atoms with E-state index in [2.05, 4.69) is 0 Å². The average Bonchev–Trinajstić information content (AvgIpc) is 2.51. The fourth-order valence-corrected chi connectivity index (χ4v) is 4.56. The van der Waals surface area contributed by atoms with E-state index in [1.54, 1.807) is 12.1 Å². The van der Waals surface area contributed by atoms with Crippen molar-refractivity contribution in [1.82, 2.24) is 0 Å². The molecule has 1 heterocycles. The maximum absolute atomic E-state index is 12.2. The van der Waals surface area contributed by atoms with Gasteiger partial charge in [0.15, 0.2) is 9.84 Å². The van der Waals surface area contributed by atoms with E-state index in [0.29, 0.717) is 10.6 Å². The lowest BCUT2D eigenvalue weighted by atomic mass is 10.0. The summed E-state index contributed by atoms with van der Waals surface area (Å²) in [5.74, 6) is -2.05. The van der Waals surface area contributed by atoms with Gasteiger partial charge in [0.2, 0.25) is 0 Å². The zero-order valence-corrected chi connectivity index (χ0v) is 10.6. The molecule has 1 aliphatic heterocycles. The lowest BCUT2D eigenvalue weighted by Gasteiger charge is -2.13. The number of aliphatic carboxylic acids is 1. The van der Waals surface area contributed by atoms with Crippen molar-refractivity contribution in [3.05, 3.63) is 28.8 Å². The first kappa shape index (κ1) is 12.4. The third-order valence-corrected chi connectivity index (χ3v) is 5.86. The van der Waals surface area contributed by atoms with Crippen LogP contribution in [0.4, 0.5) is 0 Å². The minimum atomic E-state index is -3.58. The molecule has 0 saturated heterocycles. The van der Waals surface area contributed by atoms with Crippen LogP contribution in [-0.4, -0.2) is 24.7 Å². The molecule has 1 aliphatic rings. The molecule has 1 aromatic rings. The zero-order valence-electron chi connectivity index (χ0n) is 9.05. The molecule has 0 fully saturated rings. The molecule has 2 atom stereocenters. The Labute approximate surface area is 104 Å². The largest absolute Gasteiger partial charge is 0.481 e. The maximum atomic E-state index is 12.2. The lowest BCUT2D eigenvalue weighted by Crippen LogP contribution is -2.30. The summed E-state index contributed by atoms with van der Waals surface area (Å²) in [6, 6.07) is 4.65. The summed E-state index contributed by atoms with van der Waals surface area (Å²) < 4.78 is 24.3. The molecule has 2 rings (SSSR count). The second-order valence-electron chi connectivity index (χ2n) is 4.13. The Bertz CT molecular complexity index is 579. The smallest absolute Gasteiger partial charge is 0.307 e. The van der Waals surface area contributed by atoms with Crippen LogP contribution in [0.2, 0.25) is 5.02 Å². The number of hydrogen-bond acceptors (Lipinski definition) is 3. The number of carbonyl (C=O) groups is 1. The quantitative estimate of drug-likeness (QED) is 0.892. The number of benzene rings is 1. The Hall–Kier alpha value is -1.07. The fraction of sp³-hybridized carbons (Fsp3) is 0.364. The van der Waals surface area contributed by atoms with E-state index >= 15 is 0 Å². The lowest BCUT2D eigenvalue weighted by molar-refractivity contribution is -0.141. The molecule has 6 heteroatoms. The molecule has 2 unspecified atom stereocenters. The number of fused-ring (bicyclic) bond motifs is 1. The van der Waals surface area contributed by atoms with E-state index in [1.807, 2.05) is 0 Å². The second kappa shape index (κ2) is 3.99. The highest BCUT2D eigenvalue weighted by Crippen LogP contribution is 2.38. The molecule has 0 spiro atoms. The summed E-state index contributed by atoms with van der Waals surface area (Å²) in [6.45, 7) is 1.41. The first-order chi connectivity index (χ1) is 7.85. The maximum Gasteiger partial charge on any atom is 0.307 e.